The first-order valence-corrected chi connectivity index (χ1v) is 6.17. The highest BCUT2D eigenvalue weighted by Crippen LogP contribution is 2.39. The highest BCUT2D eigenvalue weighted by atomic mass is 32.1. The van der Waals surface area contributed by atoms with Crippen LogP contribution in [0.5, 0.6) is 0 Å². The van der Waals surface area contributed by atoms with Gasteiger partial charge >= 0.3 is 0 Å². The monoisotopic (exact) mass is 227 g/mol. The van der Waals surface area contributed by atoms with Crippen molar-refractivity contribution in [2.45, 2.75) is 44.6 Å². The fourth-order valence-corrected chi connectivity index (χ4v) is 2.09. The summed E-state index contributed by atoms with van der Waals surface area (Å²) in [5.74, 6) is 1.57. The zero-order chi connectivity index (χ0) is 10.9. The van der Waals surface area contributed by atoms with Gasteiger partial charge in [-0.1, -0.05) is 6.92 Å². The fourth-order valence-electron chi connectivity index (χ4n) is 1.29. The third kappa shape index (κ3) is 2.46. The number of aliphatic hydroxyl groups is 1. The molecule has 2 N–H and O–H groups in total. The predicted molar refractivity (Wildman–Crippen MR) is 61.3 cm³/mol. The fraction of sp³-hybridized carbons (Fsp3) is 0.800. The molecule has 5 heteroatoms. The molecule has 1 aromatic rings. The quantitative estimate of drug-likeness (QED) is 0.807. The van der Waals surface area contributed by atoms with Crippen molar-refractivity contribution in [3.63, 3.8) is 0 Å². The van der Waals surface area contributed by atoms with E-state index in [0.717, 1.165) is 17.4 Å². The van der Waals surface area contributed by atoms with E-state index in [0.29, 0.717) is 5.92 Å². The molecule has 1 unspecified atom stereocenters. The Bertz CT molecular complexity index is 331. The van der Waals surface area contributed by atoms with Gasteiger partial charge in [-0.3, -0.25) is 0 Å². The van der Waals surface area contributed by atoms with Crippen molar-refractivity contribution in [2.24, 2.45) is 0 Å². The lowest BCUT2D eigenvalue weighted by Gasteiger charge is -2.26. The zero-order valence-corrected chi connectivity index (χ0v) is 9.97. The van der Waals surface area contributed by atoms with E-state index in [1.807, 2.05) is 13.8 Å². The van der Waals surface area contributed by atoms with Crippen LogP contribution < -0.4 is 5.32 Å². The highest BCUT2D eigenvalue weighted by molar-refractivity contribution is 7.09. The summed E-state index contributed by atoms with van der Waals surface area (Å²) in [6.45, 7) is 4.15. The average Bonchev–Trinajstić information content (AvgIpc) is 3.00. The SMILES string of the molecule is CCC(C)(CO)Nc1nc(C2CC2)ns1. The Morgan fingerprint density at radius 2 is 2.33 bits per heavy atom. The first-order valence-electron chi connectivity index (χ1n) is 5.39. The van der Waals surface area contributed by atoms with Crippen LogP contribution in [-0.2, 0) is 0 Å². The number of aliphatic hydroxyl groups excluding tert-OH is 1. The number of hydrogen-bond acceptors (Lipinski definition) is 5. The molecular formula is C10H17N3OS. The standard InChI is InChI=1S/C10H17N3OS/c1-3-10(2,6-14)12-9-11-8(13-15-9)7-4-5-7/h7,14H,3-6H2,1-2H3,(H,11,12,13). The van der Waals surface area contributed by atoms with Crippen LogP contribution in [0.4, 0.5) is 5.13 Å². The Balaban J connectivity index is 2.02. The molecule has 1 saturated carbocycles. The summed E-state index contributed by atoms with van der Waals surface area (Å²) in [6, 6.07) is 0. The van der Waals surface area contributed by atoms with Crippen molar-refractivity contribution in [2.75, 3.05) is 11.9 Å². The highest BCUT2D eigenvalue weighted by Gasteiger charge is 2.29. The van der Waals surface area contributed by atoms with Crippen molar-refractivity contribution < 1.29 is 5.11 Å². The molecule has 0 aromatic carbocycles. The van der Waals surface area contributed by atoms with Crippen LogP contribution in [-0.4, -0.2) is 26.6 Å². The molecule has 1 aromatic heterocycles. The first kappa shape index (κ1) is 10.8. The third-order valence-electron chi connectivity index (χ3n) is 2.92. The third-order valence-corrected chi connectivity index (χ3v) is 3.57. The van der Waals surface area contributed by atoms with Gasteiger partial charge in [0.05, 0.1) is 12.1 Å². The minimum absolute atomic E-state index is 0.113. The summed E-state index contributed by atoms with van der Waals surface area (Å²) < 4.78 is 4.32. The van der Waals surface area contributed by atoms with Crippen molar-refractivity contribution in [3.05, 3.63) is 5.82 Å². The summed E-state index contributed by atoms with van der Waals surface area (Å²) in [5, 5.41) is 13.4. The molecular weight excluding hydrogens is 210 g/mol. The van der Waals surface area contributed by atoms with Gasteiger partial charge < -0.3 is 10.4 Å². The molecule has 0 radical (unpaired) electrons. The van der Waals surface area contributed by atoms with E-state index in [9.17, 15) is 5.11 Å². The molecule has 1 aliphatic rings. The number of anilines is 1. The molecule has 0 bridgehead atoms. The molecule has 1 aliphatic carbocycles. The summed E-state index contributed by atoms with van der Waals surface area (Å²) in [6.07, 6.45) is 3.31. The summed E-state index contributed by atoms with van der Waals surface area (Å²) >= 11 is 1.39. The molecule has 1 heterocycles. The maximum atomic E-state index is 9.27. The second kappa shape index (κ2) is 4.06. The maximum absolute atomic E-state index is 9.27. The van der Waals surface area contributed by atoms with Crippen molar-refractivity contribution >= 4 is 16.7 Å². The molecule has 1 atom stereocenters. The van der Waals surface area contributed by atoms with Crippen LogP contribution in [0.15, 0.2) is 0 Å². The molecule has 15 heavy (non-hydrogen) atoms. The van der Waals surface area contributed by atoms with E-state index in [-0.39, 0.29) is 12.1 Å². The zero-order valence-electron chi connectivity index (χ0n) is 9.16. The normalized spacial score (nSPS) is 19.9. The Hall–Kier alpha value is -0.680. The summed E-state index contributed by atoms with van der Waals surface area (Å²) in [5.41, 5.74) is -0.277. The van der Waals surface area contributed by atoms with Crippen LogP contribution >= 0.6 is 11.5 Å². The first-order chi connectivity index (χ1) is 7.17. The van der Waals surface area contributed by atoms with E-state index in [2.05, 4.69) is 14.7 Å². The van der Waals surface area contributed by atoms with Crippen molar-refractivity contribution in [3.8, 4) is 0 Å². The van der Waals surface area contributed by atoms with E-state index in [1.165, 1.54) is 24.4 Å². The lowest BCUT2D eigenvalue weighted by Crippen LogP contribution is -2.37. The van der Waals surface area contributed by atoms with Gasteiger partial charge in [0.15, 0.2) is 0 Å². The molecule has 84 valence electrons. The molecule has 4 nitrogen and oxygen atoms in total. The second-order valence-electron chi connectivity index (χ2n) is 4.43. The van der Waals surface area contributed by atoms with Crippen LogP contribution in [0.1, 0.15) is 44.9 Å². The van der Waals surface area contributed by atoms with Gasteiger partial charge in [0.1, 0.15) is 5.82 Å². The topological polar surface area (TPSA) is 58.0 Å². The van der Waals surface area contributed by atoms with Gasteiger partial charge in [-0.25, -0.2) is 4.98 Å². The molecule has 0 aliphatic heterocycles. The second-order valence-corrected chi connectivity index (χ2v) is 5.18. The van der Waals surface area contributed by atoms with Crippen molar-refractivity contribution in [1.82, 2.24) is 9.36 Å². The molecule has 0 amide bonds. The minimum atomic E-state index is -0.277. The predicted octanol–water partition coefficient (Wildman–Crippen LogP) is 1.99. The summed E-state index contributed by atoms with van der Waals surface area (Å²) in [7, 11) is 0. The van der Waals surface area contributed by atoms with Crippen LogP contribution in [0.2, 0.25) is 0 Å². The van der Waals surface area contributed by atoms with Gasteiger partial charge in [-0.05, 0) is 26.2 Å². The number of nitrogens with one attached hydrogen (secondary N) is 1. The smallest absolute Gasteiger partial charge is 0.203 e. The van der Waals surface area contributed by atoms with Gasteiger partial charge in [0.25, 0.3) is 0 Å². The molecule has 0 spiro atoms. The largest absolute Gasteiger partial charge is 0.394 e. The Morgan fingerprint density at radius 1 is 1.60 bits per heavy atom. The summed E-state index contributed by atoms with van der Waals surface area (Å²) in [4.78, 5) is 4.44. The molecule has 2 rings (SSSR count). The van der Waals surface area contributed by atoms with Crippen molar-refractivity contribution in [1.29, 1.82) is 0 Å². The lowest BCUT2D eigenvalue weighted by molar-refractivity contribution is 0.219. The Labute approximate surface area is 93.9 Å². The number of nitrogens with zero attached hydrogens (tertiary/aromatic N) is 2. The number of rotatable bonds is 5. The van der Waals surface area contributed by atoms with Crippen LogP contribution in [0, 0.1) is 0 Å². The Kier molecular flexibility index (Phi) is 2.93. The van der Waals surface area contributed by atoms with Crippen LogP contribution in [0.3, 0.4) is 0 Å². The maximum Gasteiger partial charge on any atom is 0.203 e. The van der Waals surface area contributed by atoms with E-state index in [4.69, 9.17) is 0 Å². The van der Waals surface area contributed by atoms with E-state index < -0.39 is 0 Å². The van der Waals surface area contributed by atoms with Gasteiger partial charge in [0.2, 0.25) is 5.13 Å². The van der Waals surface area contributed by atoms with Gasteiger partial charge in [0, 0.05) is 17.5 Å². The minimum Gasteiger partial charge on any atom is -0.394 e. The average molecular weight is 227 g/mol. The van der Waals surface area contributed by atoms with Crippen LogP contribution in [0.25, 0.3) is 0 Å². The Morgan fingerprint density at radius 3 is 2.87 bits per heavy atom. The van der Waals surface area contributed by atoms with Gasteiger partial charge in [-0.15, -0.1) is 0 Å². The number of aromatic nitrogens is 2. The molecule has 1 fully saturated rings. The number of hydrogen-bond donors (Lipinski definition) is 2. The van der Waals surface area contributed by atoms with E-state index >= 15 is 0 Å². The van der Waals surface area contributed by atoms with Gasteiger partial charge in [-0.2, -0.15) is 4.37 Å². The van der Waals surface area contributed by atoms with E-state index in [1.54, 1.807) is 0 Å². The molecule has 0 saturated heterocycles. The lowest BCUT2D eigenvalue weighted by atomic mass is 10.0.